The van der Waals surface area contributed by atoms with Crippen LogP contribution in [0.5, 0.6) is 0 Å². The number of furan rings is 1. The van der Waals surface area contributed by atoms with Crippen molar-refractivity contribution in [1.29, 1.82) is 0 Å². The first-order valence-corrected chi connectivity index (χ1v) is 8.86. The van der Waals surface area contributed by atoms with Crippen LogP contribution >= 0.6 is 36.2 Å². The van der Waals surface area contributed by atoms with Crippen LogP contribution in [0.1, 0.15) is 12.1 Å². The van der Waals surface area contributed by atoms with Gasteiger partial charge in [-0.3, -0.25) is 4.79 Å². The summed E-state index contributed by atoms with van der Waals surface area (Å²) in [5.41, 5.74) is 1.77. The number of nitrogens with one attached hydrogen (secondary N) is 2. The normalized spacial score (nSPS) is 14.4. The van der Waals surface area contributed by atoms with Gasteiger partial charge in [0.25, 0.3) is 0 Å². The summed E-state index contributed by atoms with van der Waals surface area (Å²) in [6, 6.07) is 1.87. The average molecular weight is 407 g/mol. The monoisotopic (exact) mass is 406 g/mol. The van der Waals surface area contributed by atoms with Crippen LogP contribution in [0.2, 0.25) is 0 Å². The maximum Gasteiger partial charge on any atom is 0.226 e. The fourth-order valence-electron chi connectivity index (χ4n) is 2.60. The van der Waals surface area contributed by atoms with E-state index in [0.29, 0.717) is 6.42 Å². The third kappa shape index (κ3) is 6.95. The Morgan fingerprint density at radius 3 is 2.88 bits per heavy atom. The standard InChI is InChI=1S/C16H22N4O2S.2ClH/c21-15(18-3-1-6-20-7-4-17-5-8-20)10-14-12-23-16(19-14)13-2-9-22-11-13;;/h2,9,11-12,17H,1,3-8,10H2,(H,18,21);2*1H. The predicted molar refractivity (Wildman–Crippen MR) is 105 cm³/mol. The van der Waals surface area contributed by atoms with Crippen LogP contribution in [0.3, 0.4) is 0 Å². The molecular formula is C16H24Cl2N4O2S. The molecule has 1 aliphatic heterocycles. The van der Waals surface area contributed by atoms with Gasteiger partial charge < -0.3 is 20.0 Å². The van der Waals surface area contributed by atoms with Gasteiger partial charge in [-0.2, -0.15) is 0 Å². The first kappa shape index (κ1) is 21.9. The summed E-state index contributed by atoms with van der Waals surface area (Å²) in [5, 5.41) is 9.14. The molecule has 2 aromatic rings. The minimum atomic E-state index is 0. The molecule has 0 atom stereocenters. The number of carbonyl (C=O) groups excluding carboxylic acids is 1. The van der Waals surface area contributed by atoms with Crippen molar-refractivity contribution in [2.45, 2.75) is 12.8 Å². The molecule has 1 fully saturated rings. The van der Waals surface area contributed by atoms with E-state index in [4.69, 9.17) is 4.42 Å². The maximum atomic E-state index is 12.0. The lowest BCUT2D eigenvalue weighted by Crippen LogP contribution is -2.44. The molecule has 3 rings (SSSR count). The zero-order valence-electron chi connectivity index (χ0n) is 13.9. The van der Waals surface area contributed by atoms with Gasteiger partial charge in [0.1, 0.15) is 11.3 Å². The fourth-order valence-corrected chi connectivity index (χ4v) is 3.41. The summed E-state index contributed by atoms with van der Waals surface area (Å²) < 4.78 is 5.05. The van der Waals surface area contributed by atoms with Gasteiger partial charge in [0.15, 0.2) is 0 Å². The first-order valence-electron chi connectivity index (χ1n) is 7.98. The summed E-state index contributed by atoms with van der Waals surface area (Å²) in [6.07, 6.45) is 4.62. The smallest absolute Gasteiger partial charge is 0.226 e. The molecule has 2 aromatic heterocycles. The molecular weight excluding hydrogens is 383 g/mol. The number of piperazine rings is 1. The molecule has 0 aliphatic carbocycles. The van der Waals surface area contributed by atoms with Gasteiger partial charge >= 0.3 is 0 Å². The number of nitrogens with zero attached hydrogens (tertiary/aromatic N) is 2. The van der Waals surface area contributed by atoms with Crippen LogP contribution in [-0.4, -0.2) is 55.1 Å². The number of carbonyl (C=O) groups is 1. The third-order valence-corrected chi connectivity index (χ3v) is 4.78. The minimum absolute atomic E-state index is 0. The van der Waals surface area contributed by atoms with Crippen molar-refractivity contribution < 1.29 is 9.21 Å². The molecule has 6 nitrogen and oxygen atoms in total. The van der Waals surface area contributed by atoms with Crippen molar-refractivity contribution in [2.24, 2.45) is 0 Å². The van der Waals surface area contributed by atoms with Crippen LogP contribution in [0.4, 0.5) is 0 Å². The van der Waals surface area contributed by atoms with Gasteiger partial charge in [0.05, 0.1) is 18.4 Å². The molecule has 0 spiro atoms. The zero-order valence-corrected chi connectivity index (χ0v) is 16.4. The molecule has 0 bridgehead atoms. The van der Waals surface area contributed by atoms with Crippen molar-refractivity contribution in [3.05, 3.63) is 29.7 Å². The minimum Gasteiger partial charge on any atom is -0.472 e. The fraction of sp³-hybridized carbons (Fsp3) is 0.500. The second kappa shape index (κ2) is 11.5. The molecule has 1 amide bonds. The van der Waals surface area contributed by atoms with Gasteiger partial charge in [-0.05, 0) is 19.0 Å². The number of hydrogen-bond acceptors (Lipinski definition) is 6. The Kier molecular flexibility index (Phi) is 10.1. The number of aromatic nitrogens is 1. The van der Waals surface area contributed by atoms with Crippen molar-refractivity contribution >= 4 is 42.1 Å². The molecule has 25 heavy (non-hydrogen) atoms. The van der Waals surface area contributed by atoms with E-state index in [1.54, 1.807) is 12.5 Å². The van der Waals surface area contributed by atoms with Crippen molar-refractivity contribution in [1.82, 2.24) is 20.5 Å². The first-order chi connectivity index (χ1) is 11.3. The van der Waals surface area contributed by atoms with Gasteiger partial charge in [-0.15, -0.1) is 36.2 Å². The van der Waals surface area contributed by atoms with Crippen molar-refractivity contribution in [3.63, 3.8) is 0 Å². The van der Waals surface area contributed by atoms with E-state index in [0.717, 1.165) is 62.0 Å². The van der Waals surface area contributed by atoms with E-state index in [-0.39, 0.29) is 30.7 Å². The topological polar surface area (TPSA) is 70.4 Å². The van der Waals surface area contributed by atoms with Crippen LogP contribution in [0.15, 0.2) is 28.4 Å². The summed E-state index contributed by atoms with van der Waals surface area (Å²) in [7, 11) is 0. The van der Waals surface area contributed by atoms with Crippen LogP contribution in [-0.2, 0) is 11.2 Å². The van der Waals surface area contributed by atoms with Crippen molar-refractivity contribution in [3.8, 4) is 10.6 Å². The van der Waals surface area contributed by atoms with Gasteiger partial charge in [-0.25, -0.2) is 4.98 Å². The van der Waals surface area contributed by atoms with Crippen molar-refractivity contribution in [2.75, 3.05) is 39.3 Å². The van der Waals surface area contributed by atoms with E-state index in [1.807, 2.05) is 11.4 Å². The Balaban J connectivity index is 0.00000156. The molecule has 2 N–H and O–H groups in total. The zero-order chi connectivity index (χ0) is 15.9. The quantitative estimate of drug-likeness (QED) is 0.689. The second-order valence-corrected chi connectivity index (χ2v) is 6.49. The lowest BCUT2D eigenvalue weighted by molar-refractivity contribution is -0.120. The summed E-state index contributed by atoms with van der Waals surface area (Å²) in [4.78, 5) is 18.9. The Morgan fingerprint density at radius 1 is 1.36 bits per heavy atom. The largest absolute Gasteiger partial charge is 0.472 e. The Bertz CT molecular complexity index is 615. The van der Waals surface area contributed by atoms with E-state index in [2.05, 4.69) is 20.5 Å². The van der Waals surface area contributed by atoms with Crippen LogP contribution in [0, 0.1) is 0 Å². The van der Waals surface area contributed by atoms with Crippen LogP contribution < -0.4 is 10.6 Å². The van der Waals surface area contributed by atoms with E-state index in [1.165, 1.54) is 11.3 Å². The highest BCUT2D eigenvalue weighted by molar-refractivity contribution is 7.13. The van der Waals surface area contributed by atoms with E-state index >= 15 is 0 Å². The van der Waals surface area contributed by atoms with Gasteiger partial charge in [-0.1, -0.05) is 0 Å². The van der Waals surface area contributed by atoms with Gasteiger partial charge in [0.2, 0.25) is 5.91 Å². The number of hydrogen-bond donors (Lipinski definition) is 2. The molecule has 3 heterocycles. The number of halogens is 2. The highest BCUT2D eigenvalue weighted by Gasteiger charge is 2.11. The molecule has 1 saturated heterocycles. The summed E-state index contributed by atoms with van der Waals surface area (Å²) >= 11 is 1.53. The number of amides is 1. The summed E-state index contributed by atoms with van der Waals surface area (Å²) in [5.74, 6) is 0.0364. The summed E-state index contributed by atoms with van der Waals surface area (Å²) in [6.45, 7) is 6.10. The Hall–Kier alpha value is -1.12. The van der Waals surface area contributed by atoms with E-state index in [9.17, 15) is 4.79 Å². The Morgan fingerprint density at radius 2 is 2.16 bits per heavy atom. The molecule has 140 valence electrons. The SMILES string of the molecule is Cl.Cl.O=C(Cc1csc(-c2ccoc2)n1)NCCCN1CCNCC1. The number of rotatable bonds is 7. The average Bonchev–Trinajstić information content (AvgIpc) is 3.24. The van der Waals surface area contributed by atoms with E-state index < -0.39 is 0 Å². The number of thiazole rings is 1. The lowest BCUT2D eigenvalue weighted by Gasteiger charge is -2.27. The highest BCUT2D eigenvalue weighted by atomic mass is 35.5. The maximum absolute atomic E-state index is 12.0. The third-order valence-electron chi connectivity index (χ3n) is 3.84. The van der Waals surface area contributed by atoms with Crippen LogP contribution in [0.25, 0.3) is 10.6 Å². The molecule has 0 saturated carbocycles. The predicted octanol–water partition coefficient (Wildman–Crippen LogP) is 2.20. The molecule has 0 radical (unpaired) electrons. The molecule has 0 aromatic carbocycles. The lowest BCUT2D eigenvalue weighted by atomic mass is 10.3. The highest BCUT2D eigenvalue weighted by Crippen LogP contribution is 2.23. The molecule has 1 aliphatic rings. The Labute approximate surface area is 164 Å². The molecule has 0 unspecified atom stereocenters. The second-order valence-electron chi connectivity index (χ2n) is 5.63. The molecule has 9 heteroatoms. The van der Waals surface area contributed by atoms with Gasteiger partial charge in [0, 0.05) is 43.7 Å².